The lowest BCUT2D eigenvalue weighted by Crippen LogP contribution is -2.52. The fraction of sp³-hybridized carbons (Fsp3) is 0.632. The number of halogens is 2. The van der Waals surface area contributed by atoms with Gasteiger partial charge in [-0.05, 0) is 31.4 Å². The topological polar surface area (TPSA) is 79.0 Å². The molecule has 27 heavy (non-hydrogen) atoms. The van der Waals surface area contributed by atoms with Crippen LogP contribution in [0, 0.1) is 5.92 Å². The van der Waals surface area contributed by atoms with Crippen LogP contribution in [0.25, 0.3) is 0 Å². The molecule has 8 heteroatoms. The predicted molar refractivity (Wildman–Crippen MR) is 111 cm³/mol. The van der Waals surface area contributed by atoms with E-state index in [1.165, 1.54) is 0 Å². The van der Waals surface area contributed by atoms with E-state index in [9.17, 15) is 9.90 Å². The Morgan fingerprint density at radius 1 is 1.15 bits per heavy atom. The molecular formula is C19H31Cl2N3O3. The number of hydrogen-bond donors (Lipinski definition) is 2. The number of rotatable bonds is 6. The number of aliphatic hydroxyl groups is 1. The summed E-state index contributed by atoms with van der Waals surface area (Å²) in [7, 11) is 0. The van der Waals surface area contributed by atoms with Gasteiger partial charge in [-0.15, -0.1) is 24.8 Å². The number of nitrogens with zero attached hydrogens (tertiary/aromatic N) is 2. The van der Waals surface area contributed by atoms with E-state index in [-0.39, 0.29) is 49.3 Å². The molecule has 3 N–H and O–H groups in total. The Balaban J connectivity index is 0.00000182. The Bertz CT molecular complexity index is 556. The van der Waals surface area contributed by atoms with Crippen LogP contribution in [-0.4, -0.2) is 72.3 Å². The number of aliphatic hydroxyl groups excluding tert-OH is 1. The second-order valence-corrected chi connectivity index (χ2v) is 7.17. The van der Waals surface area contributed by atoms with Crippen molar-refractivity contribution in [2.24, 2.45) is 11.7 Å². The van der Waals surface area contributed by atoms with Crippen molar-refractivity contribution >= 4 is 30.7 Å². The van der Waals surface area contributed by atoms with Gasteiger partial charge in [-0.3, -0.25) is 9.69 Å². The van der Waals surface area contributed by atoms with Crippen LogP contribution in [0.15, 0.2) is 30.3 Å². The van der Waals surface area contributed by atoms with Gasteiger partial charge in [0.2, 0.25) is 5.91 Å². The van der Waals surface area contributed by atoms with E-state index in [2.05, 4.69) is 4.90 Å². The van der Waals surface area contributed by atoms with Crippen molar-refractivity contribution in [2.45, 2.75) is 31.4 Å². The van der Waals surface area contributed by atoms with Crippen LogP contribution in [0.1, 0.15) is 19.3 Å². The van der Waals surface area contributed by atoms with E-state index >= 15 is 0 Å². The highest BCUT2D eigenvalue weighted by Gasteiger charge is 2.32. The molecule has 6 nitrogen and oxygen atoms in total. The van der Waals surface area contributed by atoms with E-state index in [1.54, 1.807) is 0 Å². The van der Waals surface area contributed by atoms with Crippen LogP contribution in [0.5, 0.6) is 5.75 Å². The Labute approximate surface area is 173 Å². The average molecular weight is 420 g/mol. The number of carbonyl (C=O) groups is 1. The van der Waals surface area contributed by atoms with Gasteiger partial charge in [-0.1, -0.05) is 18.2 Å². The van der Waals surface area contributed by atoms with E-state index in [4.69, 9.17) is 10.5 Å². The summed E-state index contributed by atoms with van der Waals surface area (Å²) >= 11 is 0. The molecule has 3 rings (SSSR count). The quantitative estimate of drug-likeness (QED) is 0.730. The van der Waals surface area contributed by atoms with Crippen molar-refractivity contribution < 1.29 is 14.6 Å². The van der Waals surface area contributed by atoms with Gasteiger partial charge in [-0.25, -0.2) is 0 Å². The molecule has 0 bridgehead atoms. The lowest BCUT2D eigenvalue weighted by molar-refractivity contribution is -0.137. The molecule has 1 saturated carbocycles. The summed E-state index contributed by atoms with van der Waals surface area (Å²) in [6.45, 7) is 3.92. The van der Waals surface area contributed by atoms with E-state index in [0.29, 0.717) is 6.54 Å². The molecule has 3 unspecified atom stereocenters. The summed E-state index contributed by atoms with van der Waals surface area (Å²) in [5.41, 5.74) is 5.92. The number of benzene rings is 1. The lowest BCUT2D eigenvalue weighted by atomic mass is 10.1. The maximum atomic E-state index is 12.5. The van der Waals surface area contributed by atoms with Crippen LogP contribution < -0.4 is 10.5 Å². The smallest absolute Gasteiger partial charge is 0.225 e. The Kier molecular flexibility index (Phi) is 10.4. The van der Waals surface area contributed by atoms with Crippen molar-refractivity contribution in [1.29, 1.82) is 0 Å². The number of ether oxygens (including phenoxy) is 1. The highest BCUT2D eigenvalue weighted by atomic mass is 35.5. The summed E-state index contributed by atoms with van der Waals surface area (Å²) in [4.78, 5) is 16.7. The molecule has 1 aromatic carbocycles. The number of amides is 1. The van der Waals surface area contributed by atoms with Crippen molar-refractivity contribution in [3.8, 4) is 5.75 Å². The fourth-order valence-electron chi connectivity index (χ4n) is 3.71. The minimum absolute atomic E-state index is 0. The van der Waals surface area contributed by atoms with Crippen molar-refractivity contribution in [3.63, 3.8) is 0 Å². The Hall–Kier alpha value is -1.05. The molecule has 1 amide bonds. The maximum Gasteiger partial charge on any atom is 0.225 e. The Morgan fingerprint density at radius 2 is 1.81 bits per heavy atom. The molecule has 0 radical (unpaired) electrons. The molecule has 1 saturated heterocycles. The first-order valence-corrected chi connectivity index (χ1v) is 9.24. The third kappa shape index (κ3) is 7.12. The van der Waals surface area contributed by atoms with Crippen molar-refractivity contribution in [3.05, 3.63) is 30.3 Å². The molecule has 1 heterocycles. The second-order valence-electron chi connectivity index (χ2n) is 7.17. The lowest BCUT2D eigenvalue weighted by Gasteiger charge is -2.36. The first kappa shape index (κ1) is 24.0. The third-order valence-corrected chi connectivity index (χ3v) is 5.16. The third-order valence-electron chi connectivity index (χ3n) is 5.16. The fourth-order valence-corrected chi connectivity index (χ4v) is 3.71. The van der Waals surface area contributed by atoms with E-state index < -0.39 is 6.10 Å². The zero-order valence-electron chi connectivity index (χ0n) is 15.5. The highest BCUT2D eigenvalue weighted by Crippen LogP contribution is 2.26. The zero-order valence-corrected chi connectivity index (χ0v) is 17.2. The minimum Gasteiger partial charge on any atom is -0.491 e. The van der Waals surface area contributed by atoms with Gasteiger partial charge >= 0.3 is 0 Å². The summed E-state index contributed by atoms with van der Waals surface area (Å²) < 4.78 is 5.59. The normalized spacial score (nSPS) is 23.9. The first-order valence-electron chi connectivity index (χ1n) is 9.24. The van der Waals surface area contributed by atoms with E-state index in [0.717, 1.165) is 51.2 Å². The average Bonchev–Trinajstić information content (AvgIpc) is 3.07. The molecule has 2 aliphatic rings. The van der Waals surface area contributed by atoms with Crippen LogP contribution in [-0.2, 0) is 4.79 Å². The van der Waals surface area contributed by atoms with Crippen LogP contribution in [0.4, 0.5) is 0 Å². The van der Waals surface area contributed by atoms with Gasteiger partial charge in [0.25, 0.3) is 0 Å². The van der Waals surface area contributed by atoms with Gasteiger partial charge < -0.3 is 20.5 Å². The predicted octanol–water partition coefficient (Wildman–Crippen LogP) is 1.54. The van der Waals surface area contributed by atoms with Gasteiger partial charge in [0.05, 0.1) is 0 Å². The van der Waals surface area contributed by atoms with Gasteiger partial charge in [0.15, 0.2) is 0 Å². The first-order chi connectivity index (χ1) is 12.1. The van der Waals surface area contributed by atoms with E-state index in [1.807, 2.05) is 35.2 Å². The standard InChI is InChI=1S/C19H29N3O3.2ClH/c20-16-7-6-15(12-16)19(24)22-10-8-21(9-11-22)13-17(23)14-25-18-4-2-1-3-5-18;;/h1-5,15-17,23H,6-14,20H2;2*1H. The molecule has 1 aliphatic heterocycles. The molecule has 2 fully saturated rings. The summed E-state index contributed by atoms with van der Waals surface area (Å²) in [6, 6.07) is 9.71. The summed E-state index contributed by atoms with van der Waals surface area (Å²) in [5, 5.41) is 10.2. The number of piperazine rings is 1. The van der Waals surface area contributed by atoms with Gasteiger partial charge in [0, 0.05) is 44.7 Å². The molecular weight excluding hydrogens is 389 g/mol. The molecule has 1 aromatic rings. The zero-order chi connectivity index (χ0) is 17.6. The SMILES string of the molecule is Cl.Cl.NC1CCC(C(=O)N2CCN(CC(O)COc3ccccc3)CC2)C1. The number of β-amino-alcohol motifs (C(OH)–C–C–N with tert-alkyl or cyclic N) is 1. The number of para-hydroxylation sites is 1. The number of nitrogens with two attached hydrogens (primary N) is 1. The van der Waals surface area contributed by atoms with Crippen LogP contribution in [0.3, 0.4) is 0 Å². The molecule has 0 spiro atoms. The molecule has 1 aliphatic carbocycles. The second kappa shape index (κ2) is 11.7. The number of carbonyl (C=O) groups excluding carboxylic acids is 1. The molecule has 154 valence electrons. The number of hydrogen-bond acceptors (Lipinski definition) is 5. The molecule has 3 atom stereocenters. The van der Waals surface area contributed by atoms with Crippen molar-refractivity contribution in [2.75, 3.05) is 39.3 Å². The summed E-state index contributed by atoms with van der Waals surface area (Å²) in [5.74, 6) is 1.15. The molecule has 0 aromatic heterocycles. The highest BCUT2D eigenvalue weighted by molar-refractivity contribution is 5.85. The maximum absolute atomic E-state index is 12.5. The minimum atomic E-state index is -0.532. The Morgan fingerprint density at radius 3 is 2.41 bits per heavy atom. The monoisotopic (exact) mass is 419 g/mol. The van der Waals surface area contributed by atoms with Crippen LogP contribution >= 0.6 is 24.8 Å². The van der Waals surface area contributed by atoms with Gasteiger partial charge in [-0.2, -0.15) is 0 Å². The van der Waals surface area contributed by atoms with Crippen molar-refractivity contribution in [1.82, 2.24) is 9.80 Å². The largest absolute Gasteiger partial charge is 0.491 e. The van der Waals surface area contributed by atoms with Crippen LogP contribution in [0.2, 0.25) is 0 Å². The van der Waals surface area contributed by atoms with Gasteiger partial charge in [0.1, 0.15) is 18.5 Å². The summed E-state index contributed by atoms with van der Waals surface area (Å²) in [6.07, 6.45) is 2.18.